The Morgan fingerprint density at radius 1 is 1.38 bits per heavy atom. The molecule has 21 heavy (non-hydrogen) atoms. The van der Waals surface area contributed by atoms with Gasteiger partial charge in [0.15, 0.2) is 0 Å². The summed E-state index contributed by atoms with van der Waals surface area (Å²) < 4.78 is 26.8. The minimum Gasteiger partial charge on any atom is -0.338 e. The van der Waals surface area contributed by atoms with Crippen molar-refractivity contribution in [3.8, 4) is 0 Å². The Morgan fingerprint density at radius 3 is 2.57 bits per heavy atom. The van der Waals surface area contributed by atoms with E-state index in [9.17, 15) is 13.2 Å². The summed E-state index contributed by atoms with van der Waals surface area (Å²) in [6, 6.07) is 5.58. The van der Waals surface area contributed by atoms with Crippen molar-refractivity contribution in [2.24, 2.45) is 0 Å². The van der Waals surface area contributed by atoms with Crippen LogP contribution in [0.4, 0.5) is 0 Å². The third-order valence-corrected chi connectivity index (χ3v) is 5.45. The molecule has 2 rings (SSSR count). The molecule has 0 aliphatic carbocycles. The Labute approximate surface area is 146 Å². The molecule has 0 aromatic heterocycles. The van der Waals surface area contributed by atoms with Gasteiger partial charge < -0.3 is 4.90 Å². The zero-order valence-electron chi connectivity index (χ0n) is 11.5. The lowest BCUT2D eigenvalue weighted by Gasteiger charge is -2.32. The first-order valence-corrected chi connectivity index (χ1v) is 10.2. The molecule has 0 unspecified atom stereocenters. The minimum absolute atomic E-state index is 0.0156. The molecular formula is C13H16BrIN2O3S. The highest BCUT2D eigenvalue weighted by atomic mass is 127. The Bertz CT molecular complexity index is 643. The van der Waals surface area contributed by atoms with Crippen molar-refractivity contribution in [1.82, 2.24) is 9.62 Å². The second-order valence-corrected chi connectivity index (χ2v) is 8.96. The van der Waals surface area contributed by atoms with Crippen LogP contribution in [0.2, 0.25) is 0 Å². The van der Waals surface area contributed by atoms with Gasteiger partial charge in [-0.1, -0.05) is 0 Å². The summed E-state index contributed by atoms with van der Waals surface area (Å²) in [5, 5.41) is 0. The lowest BCUT2D eigenvalue weighted by Crippen LogP contribution is -2.46. The molecule has 0 radical (unpaired) electrons. The molecule has 1 saturated heterocycles. The maximum Gasteiger partial charge on any atom is 0.255 e. The van der Waals surface area contributed by atoms with Gasteiger partial charge in [-0.15, -0.1) is 0 Å². The van der Waals surface area contributed by atoms with Gasteiger partial charge in [-0.2, -0.15) is 0 Å². The van der Waals surface area contributed by atoms with Crippen LogP contribution in [0.25, 0.3) is 0 Å². The summed E-state index contributed by atoms with van der Waals surface area (Å²) in [5.41, 5.74) is 0.649. The molecule has 0 bridgehead atoms. The summed E-state index contributed by atoms with van der Waals surface area (Å²) in [7, 11) is -3.19. The van der Waals surface area contributed by atoms with Crippen LogP contribution in [0.15, 0.2) is 22.7 Å². The molecule has 5 nitrogen and oxygen atoms in total. The fourth-order valence-corrected chi connectivity index (χ4v) is 4.08. The Morgan fingerprint density at radius 2 is 2.00 bits per heavy atom. The number of likely N-dealkylation sites (tertiary alicyclic amines) is 1. The Kier molecular flexibility index (Phi) is 5.66. The number of rotatable bonds is 3. The van der Waals surface area contributed by atoms with Crippen LogP contribution in [-0.2, 0) is 10.0 Å². The highest BCUT2D eigenvalue weighted by Gasteiger charge is 2.26. The summed E-state index contributed by atoms with van der Waals surface area (Å²) in [6.45, 7) is 1.12. The van der Waals surface area contributed by atoms with Crippen LogP contribution < -0.4 is 4.72 Å². The van der Waals surface area contributed by atoms with Gasteiger partial charge in [-0.05, 0) is 69.6 Å². The van der Waals surface area contributed by atoms with E-state index in [2.05, 4.69) is 43.2 Å². The fourth-order valence-electron chi connectivity index (χ4n) is 2.33. The number of piperidine rings is 1. The molecule has 1 fully saturated rings. The Balaban J connectivity index is 2.02. The average molecular weight is 487 g/mol. The van der Waals surface area contributed by atoms with E-state index in [1.165, 1.54) is 0 Å². The number of sulfonamides is 1. The number of amides is 1. The molecule has 1 aromatic carbocycles. The van der Waals surface area contributed by atoms with E-state index in [1.807, 2.05) is 18.2 Å². The molecule has 1 N–H and O–H groups in total. The normalized spacial score (nSPS) is 17.0. The van der Waals surface area contributed by atoms with E-state index >= 15 is 0 Å². The highest BCUT2D eigenvalue weighted by Crippen LogP contribution is 2.23. The number of hydrogen-bond acceptors (Lipinski definition) is 3. The van der Waals surface area contributed by atoms with Crippen molar-refractivity contribution in [2.45, 2.75) is 18.9 Å². The van der Waals surface area contributed by atoms with Crippen molar-refractivity contribution in [1.29, 1.82) is 0 Å². The van der Waals surface area contributed by atoms with E-state index in [1.54, 1.807) is 4.90 Å². The zero-order chi connectivity index (χ0) is 15.6. The minimum atomic E-state index is -3.19. The zero-order valence-corrected chi connectivity index (χ0v) is 16.0. The van der Waals surface area contributed by atoms with Crippen LogP contribution in [-0.4, -0.2) is 44.6 Å². The highest BCUT2D eigenvalue weighted by molar-refractivity contribution is 14.1. The number of nitrogens with zero attached hydrogens (tertiary/aromatic N) is 1. The quantitative estimate of drug-likeness (QED) is 0.666. The maximum atomic E-state index is 12.5. The van der Waals surface area contributed by atoms with Gasteiger partial charge in [0.2, 0.25) is 10.0 Å². The summed E-state index contributed by atoms with van der Waals surface area (Å²) >= 11 is 5.58. The van der Waals surface area contributed by atoms with Gasteiger partial charge in [-0.3, -0.25) is 4.79 Å². The van der Waals surface area contributed by atoms with Crippen LogP contribution in [0.3, 0.4) is 0 Å². The van der Waals surface area contributed by atoms with Crippen molar-refractivity contribution in [3.05, 3.63) is 31.8 Å². The van der Waals surface area contributed by atoms with Crippen LogP contribution in [0.1, 0.15) is 23.2 Å². The molecule has 0 spiro atoms. The number of benzene rings is 1. The van der Waals surface area contributed by atoms with E-state index in [-0.39, 0.29) is 11.9 Å². The molecule has 0 saturated carbocycles. The van der Waals surface area contributed by atoms with Crippen molar-refractivity contribution < 1.29 is 13.2 Å². The van der Waals surface area contributed by atoms with Crippen molar-refractivity contribution in [2.75, 3.05) is 19.3 Å². The molecule has 1 heterocycles. The number of nitrogens with one attached hydrogen (secondary N) is 1. The maximum absolute atomic E-state index is 12.5. The number of carbonyl (C=O) groups excluding carboxylic acids is 1. The third kappa shape index (κ3) is 4.90. The molecule has 1 amide bonds. The lowest BCUT2D eigenvalue weighted by molar-refractivity contribution is 0.0710. The second-order valence-electron chi connectivity index (χ2n) is 5.08. The third-order valence-electron chi connectivity index (χ3n) is 3.32. The molecule has 8 heteroatoms. The van der Waals surface area contributed by atoms with E-state index in [0.29, 0.717) is 31.5 Å². The number of halogens is 2. The predicted octanol–water partition coefficient (Wildman–Crippen LogP) is 2.21. The number of carbonyl (C=O) groups is 1. The second kappa shape index (κ2) is 6.93. The molecular weight excluding hydrogens is 471 g/mol. The van der Waals surface area contributed by atoms with Crippen LogP contribution in [0, 0.1) is 3.57 Å². The standard InChI is InChI=1S/C13H16BrIN2O3S/c1-21(19,20)16-10-4-6-17(7-5-10)13(18)11-8-9(15)2-3-12(11)14/h2-3,8,10,16H,4-7H2,1H3. The van der Waals surface area contributed by atoms with Crippen LogP contribution in [0.5, 0.6) is 0 Å². The summed E-state index contributed by atoms with van der Waals surface area (Å²) in [5.74, 6) is -0.0156. The summed E-state index contributed by atoms with van der Waals surface area (Å²) in [4.78, 5) is 14.3. The fraction of sp³-hybridized carbons (Fsp3) is 0.462. The number of hydrogen-bond donors (Lipinski definition) is 1. The van der Waals surface area contributed by atoms with E-state index < -0.39 is 10.0 Å². The van der Waals surface area contributed by atoms with E-state index in [4.69, 9.17) is 0 Å². The van der Waals surface area contributed by atoms with Crippen LogP contribution >= 0.6 is 38.5 Å². The molecule has 0 atom stereocenters. The lowest BCUT2D eigenvalue weighted by atomic mass is 10.0. The molecule has 1 aliphatic rings. The predicted molar refractivity (Wildman–Crippen MR) is 93.8 cm³/mol. The van der Waals surface area contributed by atoms with Crippen molar-refractivity contribution in [3.63, 3.8) is 0 Å². The van der Waals surface area contributed by atoms with Gasteiger partial charge in [0, 0.05) is 27.2 Å². The SMILES string of the molecule is CS(=O)(=O)NC1CCN(C(=O)c2cc(I)ccc2Br)CC1. The first kappa shape index (κ1) is 17.2. The van der Waals surface area contributed by atoms with Gasteiger partial charge in [0.1, 0.15) is 0 Å². The van der Waals surface area contributed by atoms with Gasteiger partial charge in [0.25, 0.3) is 5.91 Å². The topological polar surface area (TPSA) is 66.5 Å². The smallest absolute Gasteiger partial charge is 0.255 e. The van der Waals surface area contributed by atoms with Gasteiger partial charge in [-0.25, -0.2) is 13.1 Å². The molecule has 116 valence electrons. The molecule has 1 aliphatic heterocycles. The first-order chi connectivity index (χ1) is 9.76. The summed E-state index contributed by atoms with van der Waals surface area (Å²) in [6.07, 6.45) is 2.44. The van der Waals surface area contributed by atoms with Gasteiger partial charge in [0.05, 0.1) is 11.8 Å². The van der Waals surface area contributed by atoms with E-state index in [0.717, 1.165) is 14.3 Å². The van der Waals surface area contributed by atoms with Gasteiger partial charge >= 0.3 is 0 Å². The Hall–Kier alpha value is -0.190. The monoisotopic (exact) mass is 486 g/mol. The van der Waals surface area contributed by atoms with Crippen molar-refractivity contribution >= 4 is 54.5 Å². The average Bonchev–Trinajstić information content (AvgIpc) is 2.40. The first-order valence-electron chi connectivity index (χ1n) is 6.48. The largest absolute Gasteiger partial charge is 0.338 e. The molecule has 1 aromatic rings.